The molecule has 0 bridgehead atoms. The fourth-order valence-corrected chi connectivity index (χ4v) is 3.37. The molecule has 0 atom stereocenters. The summed E-state index contributed by atoms with van der Waals surface area (Å²) in [4.78, 5) is 10.7. The second-order valence-electron chi connectivity index (χ2n) is 5.37. The Kier molecular flexibility index (Phi) is 6.64. The van der Waals surface area contributed by atoms with Crippen molar-refractivity contribution < 1.29 is 26.7 Å². The predicted octanol–water partition coefficient (Wildman–Crippen LogP) is 2.07. The van der Waals surface area contributed by atoms with Crippen molar-refractivity contribution in [2.45, 2.75) is 11.3 Å². The maximum absolute atomic E-state index is 13.7. The molecule has 0 radical (unpaired) electrons. The average Bonchev–Trinajstić information content (AvgIpc) is 2.56. The molecule has 0 aliphatic carbocycles. The first kappa shape index (κ1) is 19.8. The van der Waals surface area contributed by atoms with Crippen molar-refractivity contribution in [2.75, 3.05) is 25.0 Å². The van der Waals surface area contributed by atoms with Gasteiger partial charge in [-0.25, -0.2) is 17.2 Å². The molecule has 2 rings (SSSR count). The number of nitrogens with one attached hydrogen (secondary N) is 2. The molecule has 140 valence electrons. The van der Waals surface area contributed by atoms with Crippen molar-refractivity contribution in [3.63, 3.8) is 0 Å². The van der Waals surface area contributed by atoms with E-state index in [1.54, 1.807) is 12.1 Å². The molecule has 0 spiro atoms. The van der Waals surface area contributed by atoms with E-state index in [1.165, 1.54) is 19.2 Å². The minimum absolute atomic E-state index is 0.110. The summed E-state index contributed by atoms with van der Waals surface area (Å²) in [7, 11) is -2.89. The topological polar surface area (TPSA) is 84.5 Å². The van der Waals surface area contributed by atoms with Gasteiger partial charge in [0.05, 0.1) is 13.0 Å². The van der Waals surface area contributed by atoms with E-state index in [4.69, 9.17) is 4.74 Å². The van der Waals surface area contributed by atoms with Crippen molar-refractivity contribution in [2.24, 2.45) is 0 Å². The second-order valence-corrected chi connectivity index (χ2v) is 6.99. The molecule has 6 nitrogen and oxygen atoms in total. The van der Waals surface area contributed by atoms with E-state index < -0.39 is 26.6 Å². The first-order valence-corrected chi connectivity index (χ1v) is 9.13. The third-order valence-corrected chi connectivity index (χ3v) is 4.82. The molecule has 0 aromatic heterocycles. The van der Waals surface area contributed by atoms with Gasteiger partial charge in [0.1, 0.15) is 11.6 Å². The first-order chi connectivity index (χ1) is 12.3. The molecular formula is C17H18F2N2O4S. The Morgan fingerprint density at radius 1 is 1.08 bits per heavy atom. The molecule has 2 aromatic rings. The molecule has 0 aliphatic rings. The van der Waals surface area contributed by atoms with E-state index >= 15 is 0 Å². The number of carbonyl (C=O) groups excluding carboxylic acids is 1. The van der Waals surface area contributed by atoms with Crippen LogP contribution in [-0.4, -0.2) is 34.6 Å². The molecule has 0 heterocycles. The highest BCUT2D eigenvalue weighted by Crippen LogP contribution is 2.22. The largest absolute Gasteiger partial charge is 0.383 e. The highest BCUT2D eigenvalue weighted by molar-refractivity contribution is 7.92. The van der Waals surface area contributed by atoms with Crippen molar-refractivity contribution in [1.29, 1.82) is 0 Å². The van der Waals surface area contributed by atoms with E-state index in [0.29, 0.717) is 18.7 Å². The number of benzene rings is 2. The van der Waals surface area contributed by atoms with Gasteiger partial charge in [0.15, 0.2) is 4.90 Å². The number of methoxy groups -OCH3 is 1. The molecule has 2 aromatic carbocycles. The Labute approximate surface area is 150 Å². The van der Waals surface area contributed by atoms with Crippen molar-refractivity contribution in [3.8, 4) is 0 Å². The van der Waals surface area contributed by atoms with Gasteiger partial charge >= 0.3 is 0 Å². The Bertz CT molecular complexity index is 851. The van der Waals surface area contributed by atoms with Crippen LogP contribution >= 0.6 is 0 Å². The third kappa shape index (κ3) is 5.24. The van der Waals surface area contributed by atoms with Crippen molar-refractivity contribution >= 4 is 21.6 Å². The second kappa shape index (κ2) is 8.72. The van der Waals surface area contributed by atoms with Gasteiger partial charge in [-0.1, -0.05) is 18.2 Å². The normalized spacial score (nSPS) is 11.2. The van der Waals surface area contributed by atoms with Gasteiger partial charge in [0, 0.05) is 19.3 Å². The van der Waals surface area contributed by atoms with Crippen LogP contribution in [0.4, 0.5) is 14.5 Å². The van der Waals surface area contributed by atoms with Gasteiger partial charge in [-0.3, -0.25) is 9.52 Å². The Morgan fingerprint density at radius 2 is 1.69 bits per heavy atom. The number of rotatable bonds is 8. The molecule has 0 unspecified atom stereocenters. The number of carbonyl (C=O) groups is 1. The average molecular weight is 384 g/mol. The van der Waals surface area contributed by atoms with Gasteiger partial charge in [-0.15, -0.1) is 0 Å². The van der Waals surface area contributed by atoms with Crippen LogP contribution in [0.15, 0.2) is 47.4 Å². The number of halogens is 2. The maximum Gasteiger partial charge on any atom is 0.267 e. The number of ether oxygens (including phenoxy) is 1. The standard InChI is InChI=1S/C17H18F2N2O4S/c1-25-10-9-20-16(22)11-12-5-7-13(8-6-12)21-26(23,24)17-14(18)3-2-4-15(17)19/h2-8,21H,9-11H2,1H3,(H,20,22). The van der Waals surface area contributed by atoms with E-state index in [0.717, 1.165) is 18.2 Å². The number of sulfonamides is 1. The number of hydrogen-bond donors (Lipinski definition) is 2. The summed E-state index contributed by atoms with van der Waals surface area (Å²) in [5.74, 6) is -2.56. The van der Waals surface area contributed by atoms with Gasteiger partial charge in [-0.05, 0) is 29.8 Å². The molecule has 1 amide bonds. The summed E-state index contributed by atoms with van der Waals surface area (Å²) < 4.78 is 58.7. The smallest absolute Gasteiger partial charge is 0.267 e. The molecule has 26 heavy (non-hydrogen) atoms. The Hall–Kier alpha value is -2.52. The van der Waals surface area contributed by atoms with Crippen LogP contribution in [0, 0.1) is 11.6 Å². The molecule has 0 saturated heterocycles. The SMILES string of the molecule is COCCNC(=O)Cc1ccc(NS(=O)(=O)c2c(F)cccc2F)cc1. The molecular weight excluding hydrogens is 366 g/mol. The maximum atomic E-state index is 13.7. The molecule has 9 heteroatoms. The number of amides is 1. The van der Waals surface area contributed by atoms with Crippen molar-refractivity contribution in [1.82, 2.24) is 5.32 Å². The monoisotopic (exact) mass is 384 g/mol. The van der Waals surface area contributed by atoms with E-state index in [9.17, 15) is 22.0 Å². The highest BCUT2D eigenvalue weighted by atomic mass is 32.2. The summed E-state index contributed by atoms with van der Waals surface area (Å²) in [5, 5.41) is 2.66. The lowest BCUT2D eigenvalue weighted by Gasteiger charge is -2.10. The van der Waals surface area contributed by atoms with Crippen LogP contribution < -0.4 is 10.0 Å². The van der Waals surface area contributed by atoms with E-state index in [1.807, 2.05) is 0 Å². The van der Waals surface area contributed by atoms with Crippen LogP contribution in [0.2, 0.25) is 0 Å². The highest BCUT2D eigenvalue weighted by Gasteiger charge is 2.23. The third-order valence-electron chi connectivity index (χ3n) is 3.39. The first-order valence-electron chi connectivity index (χ1n) is 7.65. The molecule has 2 N–H and O–H groups in total. The summed E-state index contributed by atoms with van der Waals surface area (Å²) in [6.45, 7) is 0.792. The van der Waals surface area contributed by atoms with Crippen LogP contribution in [0.5, 0.6) is 0 Å². The zero-order chi connectivity index (χ0) is 19.2. The molecule has 0 fully saturated rings. The van der Waals surface area contributed by atoms with Crippen LogP contribution in [0.1, 0.15) is 5.56 Å². The van der Waals surface area contributed by atoms with E-state index in [2.05, 4.69) is 10.0 Å². The van der Waals surface area contributed by atoms with Crippen LogP contribution in [-0.2, 0) is 26.0 Å². The van der Waals surface area contributed by atoms with Crippen LogP contribution in [0.3, 0.4) is 0 Å². The lowest BCUT2D eigenvalue weighted by molar-refractivity contribution is -0.120. The summed E-state index contributed by atoms with van der Waals surface area (Å²) >= 11 is 0. The van der Waals surface area contributed by atoms with Gasteiger partial charge in [0.2, 0.25) is 5.91 Å². The predicted molar refractivity (Wildman–Crippen MR) is 92.2 cm³/mol. The Balaban J connectivity index is 2.06. The van der Waals surface area contributed by atoms with Gasteiger partial charge in [-0.2, -0.15) is 0 Å². The minimum Gasteiger partial charge on any atom is -0.383 e. The Morgan fingerprint density at radius 3 is 2.27 bits per heavy atom. The minimum atomic E-state index is -4.42. The zero-order valence-electron chi connectivity index (χ0n) is 14.0. The van der Waals surface area contributed by atoms with Gasteiger partial charge in [0.25, 0.3) is 10.0 Å². The fraction of sp³-hybridized carbons (Fsp3) is 0.235. The number of anilines is 1. The summed E-state index contributed by atoms with van der Waals surface area (Å²) in [5.41, 5.74) is 0.774. The summed E-state index contributed by atoms with van der Waals surface area (Å²) in [6, 6.07) is 8.72. The summed E-state index contributed by atoms with van der Waals surface area (Å²) in [6.07, 6.45) is 0.110. The zero-order valence-corrected chi connectivity index (χ0v) is 14.8. The van der Waals surface area contributed by atoms with Crippen LogP contribution in [0.25, 0.3) is 0 Å². The number of hydrogen-bond acceptors (Lipinski definition) is 4. The molecule has 0 saturated carbocycles. The van der Waals surface area contributed by atoms with Crippen molar-refractivity contribution in [3.05, 3.63) is 59.7 Å². The lowest BCUT2D eigenvalue weighted by Crippen LogP contribution is -2.28. The lowest BCUT2D eigenvalue weighted by atomic mass is 10.1. The molecule has 0 aliphatic heterocycles. The quantitative estimate of drug-likeness (QED) is 0.683. The fourth-order valence-electron chi connectivity index (χ4n) is 2.18. The van der Waals surface area contributed by atoms with E-state index in [-0.39, 0.29) is 18.0 Å². The van der Waals surface area contributed by atoms with Gasteiger partial charge < -0.3 is 10.1 Å².